The van der Waals surface area contributed by atoms with Crippen molar-refractivity contribution in [1.29, 1.82) is 0 Å². The quantitative estimate of drug-likeness (QED) is 0.508. The third kappa shape index (κ3) is 4.10. The molecule has 0 aromatic carbocycles. The van der Waals surface area contributed by atoms with Gasteiger partial charge >= 0.3 is 0 Å². The predicted octanol–water partition coefficient (Wildman–Crippen LogP) is 2.39. The second kappa shape index (κ2) is 6.39. The summed E-state index contributed by atoms with van der Waals surface area (Å²) in [6.45, 7) is 1.51. The Morgan fingerprint density at radius 2 is 2.00 bits per heavy atom. The second-order valence-electron chi connectivity index (χ2n) is 3.50. The summed E-state index contributed by atoms with van der Waals surface area (Å²) < 4.78 is 5.20. The molecule has 0 saturated carbocycles. The van der Waals surface area contributed by atoms with Crippen LogP contribution in [0.3, 0.4) is 0 Å². The van der Waals surface area contributed by atoms with Crippen LogP contribution in [0, 0.1) is 5.92 Å². The first-order chi connectivity index (χ1) is 6.34. The highest BCUT2D eigenvalue weighted by atomic mass is 35.5. The Kier molecular flexibility index (Phi) is 5.40. The van der Waals surface area contributed by atoms with Gasteiger partial charge in [0.15, 0.2) is 0 Å². The minimum absolute atomic E-state index is 0.268. The lowest BCUT2D eigenvalue weighted by Crippen LogP contribution is -2.23. The van der Waals surface area contributed by atoms with E-state index < -0.39 is 0 Å². The maximum Gasteiger partial charge on any atom is 0.136 e. The van der Waals surface area contributed by atoms with Gasteiger partial charge in [0, 0.05) is 31.4 Å². The fourth-order valence-corrected chi connectivity index (χ4v) is 1.81. The first-order valence-electron chi connectivity index (χ1n) is 5.01. The molecule has 2 nitrogen and oxygen atoms in total. The van der Waals surface area contributed by atoms with Crippen molar-refractivity contribution in [2.75, 3.05) is 19.1 Å². The van der Waals surface area contributed by atoms with Gasteiger partial charge in [-0.3, -0.25) is 4.79 Å². The van der Waals surface area contributed by atoms with E-state index in [4.69, 9.17) is 16.3 Å². The molecule has 76 valence electrons. The Morgan fingerprint density at radius 3 is 2.62 bits per heavy atom. The summed E-state index contributed by atoms with van der Waals surface area (Å²) in [6.07, 6.45) is 4.44. The topological polar surface area (TPSA) is 26.3 Å². The molecule has 1 aliphatic heterocycles. The standard InChI is InChI=1S/C10H17ClO2/c11-6-2-1-3-10(12)9-4-7-13-8-5-9/h9H,1-8H2. The van der Waals surface area contributed by atoms with E-state index in [1.807, 2.05) is 0 Å². The molecular weight excluding hydrogens is 188 g/mol. The Balaban J connectivity index is 2.13. The van der Waals surface area contributed by atoms with E-state index in [9.17, 15) is 4.79 Å². The van der Waals surface area contributed by atoms with Crippen LogP contribution in [0.25, 0.3) is 0 Å². The number of hydrogen-bond donors (Lipinski definition) is 0. The molecule has 0 bridgehead atoms. The number of Topliss-reactive ketones (excluding diaryl/α,β-unsaturated/α-hetero) is 1. The molecule has 0 aromatic heterocycles. The summed E-state index contributed by atoms with van der Waals surface area (Å²) >= 11 is 5.54. The monoisotopic (exact) mass is 204 g/mol. The summed E-state index contributed by atoms with van der Waals surface area (Å²) in [7, 11) is 0. The van der Waals surface area contributed by atoms with E-state index in [1.54, 1.807) is 0 Å². The molecule has 1 saturated heterocycles. The van der Waals surface area contributed by atoms with Crippen molar-refractivity contribution in [3.63, 3.8) is 0 Å². The van der Waals surface area contributed by atoms with Crippen molar-refractivity contribution < 1.29 is 9.53 Å². The number of ketones is 1. The third-order valence-corrected chi connectivity index (χ3v) is 2.75. The maximum absolute atomic E-state index is 11.6. The zero-order valence-corrected chi connectivity index (χ0v) is 8.68. The average molecular weight is 205 g/mol. The molecule has 0 amide bonds. The fraction of sp³-hybridized carbons (Fsp3) is 0.900. The zero-order chi connectivity index (χ0) is 9.52. The lowest BCUT2D eigenvalue weighted by molar-refractivity contribution is -0.125. The minimum Gasteiger partial charge on any atom is -0.381 e. The van der Waals surface area contributed by atoms with E-state index in [-0.39, 0.29) is 5.92 Å². The van der Waals surface area contributed by atoms with Gasteiger partial charge in [-0.05, 0) is 25.7 Å². The summed E-state index contributed by atoms with van der Waals surface area (Å²) in [5, 5.41) is 0. The van der Waals surface area contributed by atoms with Crippen LogP contribution in [0.4, 0.5) is 0 Å². The Hall–Kier alpha value is -0.0800. The number of carbonyl (C=O) groups is 1. The first-order valence-corrected chi connectivity index (χ1v) is 5.54. The Labute approximate surface area is 84.6 Å². The van der Waals surface area contributed by atoms with Crippen molar-refractivity contribution in [2.24, 2.45) is 5.92 Å². The van der Waals surface area contributed by atoms with Crippen molar-refractivity contribution >= 4 is 17.4 Å². The zero-order valence-electron chi connectivity index (χ0n) is 7.93. The lowest BCUT2D eigenvalue weighted by Gasteiger charge is -2.20. The highest BCUT2D eigenvalue weighted by molar-refractivity contribution is 6.17. The third-order valence-electron chi connectivity index (χ3n) is 2.48. The summed E-state index contributed by atoms with van der Waals surface area (Å²) in [4.78, 5) is 11.6. The van der Waals surface area contributed by atoms with Crippen LogP contribution in [0.5, 0.6) is 0 Å². The lowest BCUT2D eigenvalue weighted by atomic mass is 9.92. The molecule has 0 N–H and O–H groups in total. The van der Waals surface area contributed by atoms with Gasteiger partial charge in [0.25, 0.3) is 0 Å². The average Bonchev–Trinajstić information content (AvgIpc) is 2.19. The Bertz CT molecular complexity index is 153. The molecule has 1 heterocycles. The van der Waals surface area contributed by atoms with E-state index in [2.05, 4.69) is 0 Å². The van der Waals surface area contributed by atoms with Crippen molar-refractivity contribution in [1.82, 2.24) is 0 Å². The Morgan fingerprint density at radius 1 is 1.31 bits per heavy atom. The summed E-state index contributed by atoms with van der Waals surface area (Å²) in [5.41, 5.74) is 0. The van der Waals surface area contributed by atoms with Gasteiger partial charge in [0.1, 0.15) is 5.78 Å². The van der Waals surface area contributed by atoms with Crippen LogP contribution in [-0.2, 0) is 9.53 Å². The van der Waals surface area contributed by atoms with Crippen LogP contribution in [0.2, 0.25) is 0 Å². The van der Waals surface area contributed by atoms with E-state index in [1.165, 1.54) is 0 Å². The van der Waals surface area contributed by atoms with Gasteiger partial charge in [0.2, 0.25) is 0 Å². The molecule has 1 aliphatic rings. The summed E-state index contributed by atoms with van der Waals surface area (Å²) in [5.74, 6) is 1.35. The van der Waals surface area contributed by atoms with Gasteiger partial charge in [-0.1, -0.05) is 0 Å². The van der Waals surface area contributed by atoms with Gasteiger partial charge in [-0.2, -0.15) is 0 Å². The largest absolute Gasteiger partial charge is 0.381 e. The maximum atomic E-state index is 11.6. The second-order valence-corrected chi connectivity index (χ2v) is 3.88. The molecule has 1 fully saturated rings. The van der Waals surface area contributed by atoms with E-state index in [0.29, 0.717) is 18.1 Å². The molecule has 0 aromatic rings. The number of unbranched alkanes of at least 4 members (excludes halogenated alkanes) is 1. The molecule has 0 aliphatic carbocycles. The highest BCUT2D eigenvalue weighted by Gasteiger charge is 2.20. The number of hydrogen-bond acceptors (Lipinski definition) is 2. The fourth-order valence-electron chi connectivity index (χ4n) is 1.62. The molecule has 0 unspecified atom stereocenters. The number of alkyl halides is 1. The smallest absolute Gasteiger partial charge is 0.136 e. The normalized spacial score (nSPS) is 18.8. The van der Waals surface area contributed by atoms with Crippen LogP contribution < -0.4 is 0 Å². The molecule has 0 radical (unpaired) electrons. The molecule has 3 heteroatoms. The summed E-state index contributed by atoms with van der Waals surface area (Å²) in [6, 6.07) is 0. The van der Waals surface area contributed by atoms with E-state index >= 15 is 0 Å². The van der Waals surface area contributed by atoms with Gasteiger partial charge in [-0.15, -0.1) is 11.6 Å². The molecule has 1 rings (SSSR count). The van der Waals surface area contributed by atoms with Crippen LogP contribution in [-0.4, -0.2) is 24.9 Å². The minimum atomic E-state index is 0.268. The first kappa shape index (κ1) is 11.0. The van der Waals surface area contributed by atoms with E-state index in [0.717, 1.165) is 38.9 Å². The predicted molar refractivity (Wildman–Crippen MR) is 53.1 cm³/mol. The van der Waals surface area contributed by atoms with Gasteiger partial charge < -0.3 is 4.74 Å². The number of ether oxygens (including phenoxy) is 1. The van der Waals surface area contributed by atoms with Crippen LogP contribution in [0.15, 0.2) is 0 Å². The SMILES string of the molecule is O=C(CCCCCl)C1CCOCC1. The van der Waals surface area contributed by atoms with Crippen molar-refractivity contribution in [3.05, 3.63) is 0 Å². The van der Waals surface area contributed by atoms with Crippen LogP contribution in [0.1, 0.15) is 32.1 Å². The van der Waals surface area contributed by atoms with Crippen LogP contribution >= 0.6 is 11.6 Å². The van der Waals surface area contributed by atoms with Gasteiger partial charge in [0.05, 0.1) is 0 Å². The molecule has 0 spiro atoms. The number of halogens is 1. The molecule has 13 heavy (non-hydrogen) atoms. The number of carbonyl (C=O) groups excluding carboxylic acids is 1. The van der Waals surface area contributed by atoms with Crippen molar-refractivity contribution in [2.45, 2.75) is 32.1 Å². The van der Waals surface area contributed by atoms with Crippen molar-refractivity contribution in [3.8, 4) is 0 Å². The highest BCUT2D eigenvalue weighted by Crippen LogP contribution is 2.18. The molecular formula is C10H17ClO2. The molecule has 0 atom stereocenters. The van der Waals surface area contributed by atoms with Gasteiger partial charge in [-0.25, -0.2) is 0 Å². The number of rotatable bonds is 5.